The van der Waals surface area contributed by atoms with Crippen LogP contribution in [0.5, 0.6) is 0 Å². The molecule has 0 bridgehead atoms. The summed E-state index contributed by atoms with van der Waals surface area (Å²) >= 11 is 3.83. The summed E-state index contributed by atoms with van der Waals surface area (Å²) in [4.78, 5) is 2.46. The van der Waals surface area contributed by atoms with E-state index in [9.17, 15) is 0 Å². The number of hydrogen-bond donors (Lipinski definition) is 0. The molecular weight excluding hydrogens is 382 g/mol. The van der Waals surface area contributed by atoms with Crippen LogP contribution in [0, 0.1) is 0 Å². The molecule has 26 heavy (non-hydrogen) atoms. The van der Waals surface area contributed by atoms with E-state index in [1.54, 1.807) is 0 Å². The number of allylic oxidation sites excluding steroid dienone is 2. The van der Waals surface area contributed by atoms with E-state index >= 15 is 0 Å². The third-order valence-electron chi connectivity index (χ3n) is 5.26. The quantitative estimate of drug-likeness (QED) is 0.457. The minimum absolute atomic E-state index is 0.304. The maximum atomic E-state index is 3.83. The van der Waals surface area contributed by atoms with Gasteiger partial charge in [0, 0.05) is 21.8 Å². The fraction of sp³-hybridized carbons (Fsp3) is 0.0833. The van der Waals surface area contributed by atoms with Gasteiger partial charge in [0.15, 0.2) is 0 Å². The Morgan fingerprint density at radius 1 is 0.769 bits per heavy atom. The van der Waals surface area contributed by atoms with E-state index < -0.39 is 0 Å². The zero-order valence-corrected chi connectivity index (χ0v) is 15.8. The molecular formula is C24H18BrN. The molecule has 1 nitrogen and oxygen atoms in total. The van der Waals surface area contributed by atoms with Crippen LogP contribution in [0.1, 0.15) is 11.5 Å². The molecule has 2 atom stereocenters. The van der Waals surface area contributed by atoms with Crippen molar-refractivity contribution >= 4 is 27.3 Å². The first-order chi connectivity index (χ1) is 12.8. The molecule has 0 N–H and O–H groups in total. The average molecular weight is 400 g/mol. The van der Waals surface area contributed by atoms with Crippen molar-refractivity contribution in [1.29, 1.82) is 0 Å². The molecule has 2 unspecified atom stereocenters. The van der Waals surface area contributed by atoms with Gasteiger partial charge in [-0.2, -0.15) is 0 Å². The molecule has 0 aromatic heterocycles. The van der Waals surface area contributed by atoms with Crippen molar-refractivity contribution in [3.63, 3.8) is 0 Å². The Labute approximate surface area is 162 Å². The summed E-state index contributed by atoms with van der Waals surface area (Å²) in [7, 11) is 0. The number of benzene rings is 3. The van der Waals surface area contributed by atoms with Crippen molar-refractivity contribution in [2.75, 3.05) is 4.90 Å². The first-order valence-corrected chi connectivity index (χ1v) is 9.70. The van der Waals surface area contributed by atoms with Crippen molar-refractivity contribution in [1.82, 2.24) is 0 Å². The van der Waals surface area contributed by atoms with Crippen LogP contribution in [0.4, 0.5) is 11.4 Å². The van der Waals surface area contributed by atoms with E-state index in [2.05, 4.69) is 118 Å². The van der Waals surface area contributed by atoms with Crippen molar-refractivity contribution < 1.29 is 0 Å². The van der Waals surface area contributed by atoms with Crippen LogP contribution in [0.15, 0.2) is 102 Å². The predicted octanol–water partition coefficient (Wildman–Crippen LogP) is 6.81. The van der Waals surface area contributed by atoms with Crippen molar-refractivity contribution in [3.05, 3.63) is 107 Å². The zero-order valence-electron chi connectivity index (χ0n) is 14.2. The third kappa shape index (κ3) is 2.45. The summed E-state index contributed by atoms with van der Waals surface area (Å²) in [6.45, 7) is 0. The Balaban J connectivity index is 1.69. The normalized spacial score (nSPS) is 20.5. The molecule has 0 radical (unpaired) electrons. The van der Waals surface area contributed by atoms with Crippen molar-refractivity contribution in [2.45, 2.75) is 12.0 Å². The molecule has 1 heterocycles. The number of halogens is 1. The predicted molar refractivity (Wildman–Crippen MR) is 113 cm³/mol. The van der Waals surface area contributed by atoms with E-state index in [0.29, 0.717) is 12.0 Å². The topological polar surface area (TPSA) is 3.24 Å². The van der Waals surface area contributed by atoms with Gasteiger partial charge in [0.25, 0.3) is 0 Å². The Hall–Kier alpha value is -2.58. The highest BCUT2D eigenvalue weighted by Crippen LogP contribution is 2.52. The van der Waals surface area contributed by atoms with Gasteiger partial charge >= 0.3 is 0 Å². The summed E-state index contributed by atoms with van der Waals surface area (Å²) in [5, 5.41) is 0. The second-order valence-electron chi connectivity index (χ2n) is 6.75. The maximum Gasteiger partial charge on any atom is 0.0640 e. The van der Waals surface area contributed by atoms with E-state index in [-0.39, 0.29) is 0 Å². The Bertz CT molecular complexity index is 1000. The van der Waals surface area contributed by atoms with Gasteiger partial charge in [-0.1, -0.05) is 88.8 Å². The number of anilines is 2. The SMILES string of the molecule is BrC1=CC=CC2C1c1cc(-c3ccccc3)ccc1N2c1ccccc1. The first-order valence-electron chi connectivity index (χ1n) is 8.90. The van der Waals surface area contributed by atoms with Gasteiger partial charge in [-0.25, -0.2) is 0 Å². The molecule has 0 saturated carbocycles. The lowest BCUT2D eigenvalue weighted by Crippen LogP contribution is -2.29. The van der Waals surface area contributed by atoms with Gasteiger partial charge in [-0.15, -0.1) is 0 Å². The van der Waals surface area contributed by atoms with Gasteiger partial charge in [0.1, 0.15) is 0 Å². The molecule has 2 aliphatic rings. The summed E-state index contributed by atoms with van der Waals surface area (Å²) in [6.07, 6.45) is 6.64. The second kappa shape index (κ2) is 6.30. The molecule has 1 aliphatic heterocycles. The molecule has 2 heteroatoms. The first kappa shape index (κ1) is 15.7. The maximum absolute atomic E-state index is 3.83. The van der Waals surface area contributed by atoms with E-state index in [1.807, 2.05) is 0 Å². The lowest BCUT2D eigenvalue weighted by Gasteiger charge is -2.29. The molecule has 0 amide bonds. The number of hydrogen-bond acceptors (Lipinski definition) is 1. The highest BCUT2D eigenvalue weighted by molar-refractivity contribution is 9.11. The molecule has 126 valence electrons. The van der Waals surface area contributed by atoms with Gasteiger partial charge in [-0.05, 0) is 41.0 Å². The molecule has 3 aromatic rings. The summed E-state index contributed by atoms with van der Waals surface area (Å²) in [5.74, 6) is 0.332. The highest BCUT2D eigenvalue weighted by Gasteiger charge is 2.40. The van der Waals surface area contributed by atoms with Crippen LogP contribution < -0.4 is 4.90 Å². The van der Waals surface area contributed by atoms with Crippen LogP contribution >= 0.6 is 15.9 Å². The van der Waals surface area contributed by atoms with Crippen molar-refractivity contribution in [3.8, 4) is 11.1 Å². The number of para-hydroxylation sites is 1. The molecule has 0 saturated heterocycles. The third-order valence-corrected chi connectivity index (χ3v) is 6.02. The summed E-state index contributed by atoms with van der Waals surface area (Å²) in [6, 6.07) is 28.5. The number of rotatable bonds is 2. The van der Waals surface area contributed by atoms with Gasteiger partial charge in [0.2, 0.25) is 0 Å². The Kier molecular flexibility index (Phi) is 3.79. The summed E-state index contributed by atoms with van der Waals surface area (Å²) in [5.41, 5.74) is 6.44. The Morgan fingerprint density at radius 2 is 1.50 bits per heavy atom. The van der Waals surface area contributed by atoms with E-state index in [0.717, 1.165) is 0 Å². The monoisotopic (exact) mass is 399 g/mol. The second-order valence-corrected chi connectivity index (χ2v) is 7.67. The lowest BCUT2D eigenvalue weighted by atomic mass is 9.89. The smallest absolute Gasteiger partial charge is 0.0640 e. The van der Waals surface area contributed by atoms with Gasteiger partial charge < -0.3 is 4.90 Å². The minimum atomic E-state index is 0.304. The number of fused-ring (bicyclic) bond motifs is 3. The van der Waals surface area contributed by atoms with Crippen LogP contribution in [0.2, 0.25) is 0 Å². The fourth-order valence-corrected chi connectivity index (χ4v) is 4.77. The van der Waals surface area contributed by atoms with Crippen LogP contribution in [-0.2, 0) is 0 Å². The van der Waals surface area contributed by atoms with E-state index in [4.69, 9.17) is 0 Å². The van der Waals surface area contributed by atoms with Crippen LogP contribution in [0.25, 0.3) is 11.1 Å². The number of nitrogens with zero attached hydrogens (tertiary/aromatic N) is 1. The van der Waals surface area contributed by atoms with Crippen LogP contribution in [-0.4, -0.2) is 6.04 Å². The molecule has 0 spiro atoms. The van der Waals surface area contributed by atoms with Crippen molar-refractivity contribution in [2.24, 2.45) is 0 Å². The molecule has 5 rings (SSSR count). The molecule has 0 fully saturated rings. The molecule has 3 aromatic carbocycles. The van der Waals surface area contributed by atoms with E-state index in [1.165, 1.54) is 32.5 Å². The summed E-state index contributed by atoms with van der Waals surface area (Å²) < 4.78 is 1.25. The largest absolute Gasteiger partial charge is 0.333 e. The molecule has 1 aliphatic carbocycles. The van der Waals surface area contributed by atoms with Crippen LogP contribution in [0.3, 0.4) is 0 Å². The standard InChI is InChI=1S/C24H18BrN/c25-21-12-7-13-23-24(21)20-16-18(17-8-3-1-4-9-17)14-15-22(20)26(23)19-10-5-2-6-11-19/h1-16,23-24H. The Morgan fingerprint density at radius 3 is 2.27 bits per heavy atom. The van der Waals surface area contributed by atoms with Gasteiger partial charge in [-0.3, -0.25) is 0 Å². The highest BCUT2D eigenvalue weighted by atomic mass is 79.9. The lowest BCUT2D eigenvalue weighted by molar-refractivity contribution is 0.738. The zero-order chi connectivity index (χ0) is 17.5. The minimum Gasteiger partial charge on any atom is -0.333 e. The average Bonchev–Trinajstić information content (AvgIpc) is 3.04. The van der Waals surface area contributed by atoms with Gasteiger partial charge in [0.05, 0.1) is 6.04 Å². The fourth-order valence-electron chi connectivity index (χ4n) is 4.10.